The molecule has 0 fully saturated rings. The first-order chi connectivity index (χ1) is 9.65. The minimum Gasteiger partial charge on any atom is -0.481 e. The average molecular weight is 287 g/mol. The van der Waals surface area contributed by atoms with Crippen LogP contribution in [0.2, 0.25) is 0 Å². The van der Waals surface area contributed by atoms with Crippen LogP contribution in [0.5, 0.6) is 0 Å². The molecule has 0 saturated heterocycles. The summed E-state index contributed by atoms with van der Waals surface area (Å²) < 4.78 is 1.93. The Morgan fingerprint density at radius 1 is 1.45 bits per heavy atom. The van der Waals surface area contributed by atoms with Gasteiger partial charge in [-0.05, 0) is 30.7 Å². The Hall–Kier alpha value is -2.26. The fourth-order valence-corrected chi connectivity index (χ4v) is 2.54. The van der Waals surface area contributed by atoms with Crippen molar-refractivity contribution >= 4 is 17.7 Å². The largest absolute Gasteiger partial charge is 0.481 e. The number of benzene rings is 1. The van der Waals surface area contributed by atoms with Crippen LogP contribution in [-0.4, -0.2) is 26.4 Å². The summed E-state index contributed by atoms with van der Waals surface area (Å²) in [5.41, 5.74) is 2.47. The molecule has 1 heterocycles. The van der Waals surface area contributed by atoms with Crippen molar-refractivity contribution < 1.29 is 9.90 Å². The molecule has 0 amide bonds. The lowest BCUT2D eigenvalue weighted by molar-refractivity contribution is -0.133. The van der Waals surface area contributed by atoms with Crippen molar-refractivity contribution in [3.8, 4) is 11.8 Å². The van der Waals surface area contributed by atoms with Gasteiger partial charge in [-0.2, -0.15) is 5.26 Å². The van der Waals surface area contributed by atoms with Crippen molar-refractivity contribution in [2.45, 2.75) is 18.5 Å². The average Bonchev–Trinajstić information content (AvgIpc) is 2.88. The molecule has 1 aromatic heterocycles. The summed E-state index contributed by atoms with van der Waals surface area (Å²) in [6.45, 7) is 2.02. The van der Waals surface area contributed by atoms with Gasteiger partial charge in [-0.1, -0.05) is 18.7 Å². The summed E-state index contributed by atoms with van der Waals surface area (Å²) in [4.78, 5) is 15.0. The van der Waals surface area contributed by atoms with Gasteiger partial charge in [0.05, 0.1) is 17.4 Å². The van der Waals surface area contributed by atoms with E-state index >= 15 is 0 Å². The number of carbonyl (C=O) groups is 1. The first kappa shape index (κ1) is 14.2. The first-order valence-corrected chi connectivity index (χ1v) is 7.06. The summed E-state index contributed by atoms with van der Waals surface area (Å²) in [5, 5.41) is 18.2. The van der Waals surface area contributed by atoms with Crippen molar-refractivity contribution in [1.82, 2.24) is 9.55 Å². The lowest BCUT2D eigenvalue weighted by Gasteiger charge is -2.10. The van der Waals surface area contributed by atoms with Crippen LogP contribution in [0.4, 0.5) is 0 Å². The predicted molar refractivity (Wildman–Crippen MR) is 76.0 cm³/mol. The molecule has 0 aliphatic heterocycles. The topological polar surface area (TPSA) is 78.9 Å². The van der Waals surface area contributed by atoms with Crippen molar-refractivity contribution in [1.29, 1.82) is 5.26 Å². The molecule has 2 aromatic rings. The van der Waals surface area contributed by atoms with E-state index in [1.54, 1.807) is 18.3 Å². The highest BCUT2D eigenvalue weighted by molar-refractivity contribution is 7.99. The zero-order valence-corrected chi connectivity index (χ0v) is 11.7. The molecular weight excluding hydrogens is 274 g/mol. The Labute approximate surface area is 120 Å². The first-order valence-electron chi connectivity index (χ1n) is 6.07. The highest BCUT2D eigenvalue weighted by Gasteiger charge is 2.12. The van der Waals surface area contributed by atoms with E-state index in [-0.39, 0.29) is 5.75 Å². The summed E-state index contributed by atoms with van der Waals surface area (Å²) in [5.74, 6) is -0.904. The standard InChI is InChI=1S/C14H13N3O2S/c1-2-11-8-16-14(20-9-13(18)19)17(11)12-5-3-10(7-15)4-6-12/h3-6,8H,2,9H2,1H3,(H,18,19). The van der Waals surface area contributed by atoms with Gasteiger partial charge in [-0.25, -0.2) is 4.98 Å². The Balaban J connectivity index is 2.39. The van der Waals surface area contributed by atoms with Gasteiger partial charge >= 0.3 is 5.97 Å². The Kier molecular flexibility index (Phi) is 4.43. The Morgan fingerprint density at radius 2 is 2.15 bits per heavy atom. The monoisotopic (exact) mass is 287 g/mol. The maximum Gasteiger partial charge on any atom is 0.313 e. The third-order valence-corrected chi connectivity index (χ3v) is 3.68. The van der Waals surface area contributed by atoms with Crippen LogP contribution < -0.4 is 0 Å². The fourth-order valence-electron chi connectivity index (χ4n) is 1.81. The highest BCUT2D eigenvalue weighted by Crippen LogP contribution is 2.24. The minimum atomic E-state index is -0.873. The molecule has 0 saturated carbocycles. The van der Waals surface area contributed by atoms with Crippen LogP contribution in [0, 0.1) is 11.3 Å². The quantitative estimate of drug-likeness (QED) is 0.855. The zero-order chi connectivity index (χ0) is 14.5. The highest BCUT2D eigenvalue weighted by atomic mass is 32.2. The number of aliphatic carboxylic acids is 1. The van der Waals surface area contributed by atoms with E-state index in [4.69, 9.17) is 10.4 Å². The number of imidazole rings is 1. The van der Waals surface area contributed by atoms with Crippen molar-refractivity contribution in [2.75, 3.05) is 5.75 Å². The Bertz CT molecular complexity index is 656. The van der Waals surface area contributed by atoms with Crippen molar-refractivity contribution in [2.24, 2.45) is 0 Å². The SMILES string of the molecule is CCc1cnc(SCC(=O)O)n1-c1ccc(C#N)cc1. The normalized spacial score (nSPS) is 10.2. The lowest BCUT2D eigenvalue weighted by Crippen LogP contribution is -2.04. The van der Waals surface area contributed by atoms with Gasteiger partial charge in [0, 0.05) is 17.6 Å². The fraction of sp³-hybridized carbons (Fsp3) is 0.214. The molecule has 0 radical (unpaired) electrons. The number of nitriles is 1. The van der Waals surface area contributed by atoms with Crippen LogP contribution in [0.3, 0.4) is 0 Å². The molecule has 2 rings (SSSR count). The number of thioether (sulfide) groups is 1. The predicted octanol–water partition coefficient (Wildman–Crippen LogP) is 2.48. The van der Waals surface area contributed by atoms with Gasteiger partial charge in [0.1, 0.15) is 0 Å². The second-order valence-electron chi connectivity index (χ2n) is 4.06. The third-order valence-electron chi connectivity index (χ3n) is 2.74. The van der Waals surface area contributed by atoms with Crippen LogP contribution in [0.15, 0.2) is 35.6 Å². The summed E-state index contributed by atoms with van der Waals surface area (Å²) >= 11 is 1.18. The van der Waals surface area contributed by atoms with Gasteiger partial charge in [0.25, 0.3) is 0 Å². The molecule has 0 aliphatic rings. The number of carboxylic acids is 1. The number of hydrogen-bond acceptors (Lipinski definition) is 4. The van der Waals surface area contributed by atoms with E-state index in [2.05, 4.69) is 11.1 Å². The molecule has 102 valence electrons. The molecular formula is C14H13N3O2S. The molecule has 5 nitrogen and oxygen atoms in total. The van der Waals surface area contributed by atoms with Gasteiger partial charge in [0.15, 0.2) is 5.16 Å². The minimum absolute atomic E-state index is 0.0313. The molecule has 0 bridgehead atoms. The second kappa shape index (κ2) is 6.26. The summed E-state index contributed by atoms with van der Waals surface area (Å²) in [6, 6.07) is 9.22. The maximum absolute atomic E-state index is 10.7. The zero-order valence-electron chi connectivity index (χ0n) is 10.9. The maximum atomic E-state index is 10.7. The number of rotatable bonds is 5. The number of carboxylic acid groups (broad SMARTS) is 1. The van der Waals surface area contributed by atoms with E-state index in [1.807, 2.05) is 23.6 Å². The third kappa shape index (κ3) is 3.00. The van der Waals surface area contributed by atoms with E-state index in [9.17, 15) is 4.79 Å². The number of nitrogens with zero attached hydrogens (tertiary/aromatic N) is 3. The molecule has 1 N–H and O–H groups in total. The molecule has 1 aromatic carbocycles. The van der Waals surface area contributed by atoms with E-state index in [0.717, 1.165) is 17.8 Å². The van der Waals surface area contributed by atoms with Gasteiger partial charge in [-0.15, -0.1) is 0 Å². The molecule has 0 unspecified atom stereocenters. The smallest absolute Gasteiger partial charge is 0.313 e. The lowest BCUT2D eigenvalue weighted by atomic mass is 10.2. The number of hydrogen-bond donors (Lipinski definition) is 1. The van der Waals surface area contributed by atoms with Crippen molar-refractivity contribution in [3.63, 3.8) is 0 Å². The summed E-state index contributed by atoms with van der Waals surface area (Å²) in [6.07, 6.45) is 2.54. The molecule has 20 heavy (non-hydrogen) atoms. The van der Waals surface area contributed by atoms with E-state index in [0.29, 0.717) is 10.7 Å². The van der Waals surface area contributed by atoms with Crippen LogP contribution in [0.1, 0.15) is 18.2 Å². The molecule has 0 spiro atoms. The van der Waals surface area contributed by atoms with Crippen LogP contribution >= 0.6 is 11.8 Å². The Morgan fingerprint density at radius 3 is 2.70 bits per heavy atom. The molecule has 0 aliphatic carbocycles. The van der Waals surface area contributed by atoms with Crippen molar-refractivity contribution in [3.05, 3.63) is 41.7 Å². The summed E-state index contributed by atoms with van der Waals surface area (Å²) in [7, 11) is 0. The van der Waals surface area contributed by atoms with Gasteiger partial charge < -0.3 is 5.11 Å². The number of aryl methyl sites for hydroxylation is 1. The molecule has 0 atom stereocenters. The van der Waals surface area contributed by atoms with Gasteiger partial charge in [-0.3, -0.25) is 9.36 Å². The van der Waals surface area contributed by atoms with Crippen LogP contribution in [0.25, 0.3) is 5.69 Å². The van der Waals surface area contributed by atoms with E-state index in [1.165, 1.54) is 11.8 Å². The second-order valence-corrected chi connectivity index (χ2v) is 5.00. The molecule has 6 heteroatoms. The van der Waals surface area contributed by atoms with E-state index < -0.39 is 5.97 Å². The number of aromatic nitrogens is 2. The van der Waals surface area contributed by atoms with Crippen LogP contribution in [-0.2, 0) is 11.2 Å². The van der Waals surface area contributed by atoms with Gasteiger partial charge in [0.2, 0.25) is 0 Å².